The number of fused-ring (bicyclic) bond motifs is 1. The smallest absolute Gasteiger partial charge is 0.308 e. The van der Waals surface area contributed by atoms with Crippen molar-refractivity contribution in [3.63, 3.8) is 0 Å². The maximum Gasteiger partial charge on any atom is 0.308 e. The maximum atomic E-state index is 10.7. The summed E-state index contributed by atoms with van der Waals surface area (Å²) >= 11 is 0. The van der Waals surface area contributed by atoms with Gasteiger partial charge in [0.25, 0.3) is 0 Å². The van der Waals surface area contributed by atoms with E-state index in [-0.39, 0.29) is 0 Å². The molecular formula is C13H14N2O2. The molecule has 1 atom stereocenters. The molecule has 0 aliphatic carbocycles. The van der Waals surface area contributed by atoms with Crippen LogP contribution in [0.4, 0.5) is 5.82 Å². The number of pyridine rings is 1. The van der Waals surface area contributed by atoms with Gasteiger partial charge in [-0.1, -0.05) is 25.1 Å². The molecule has 2 N–H and O–H groups in total. The lowest BCUT2D eigenvalue weighted by Crippen LogP contribution is -2.19. The Labute approximate surface area is 99.3 Å². The van der Waals surface area contributed by atoms with Gasteiger partial charge in [-0.15, -0.1) is 0 Å². The molecule has 0 spiro atoms. The normalized spacial score (nSPS) is 12.3. The number of carboxylic acid groups (broad SMARTS) is 1. The first kappa shape index (κ1) is 11.4. The zero-order chi connectivity index (χ0) is 12.3. The molecule has 0 saturated carbocycles. The van der Waals surface area contributed by atoms with E-state index in [2.05, 4.69) is 10.3 Å². The lowest BCUT2D eigenvalue weighted by atomic mass is 10.2. The van der Waals surface area contributed by atoms with Gasteiger partial charge in [0, 0.05) is 11.9 Å². The zero-order valence-electron chi connectivity index (χ0n) is 9.55. The van der Waals surface area contributed by atoms with E-state index in [1.165, 1.54) is 0 Å². The number of aliphatic carboxylic acids is 1. The molecule has 1 heterocycles. The molecule has 1 aromatic carbocycles. The number of carboxylic acids is 1. The largest absolute Gasteiger partial charge is 0.481 e. The molecule has 4 nitrogen and oxygen atoms in total. The second-order valence-electron chi connectivity index (χ2n) is 4.01. The Morgan fingerprint density at radius 3 is 2.88 bits per heavy atom. The van der Waals surface area contributed by atoms with Crippen molar-refractivity contribution in [2.24, 2.45) is 5.92 Å². The summed E-state index contributed by atoms with van der Waals surface area (Å²) in [6.07, 6.45) is 0. The first-order valence-corrected chi connectivity index (χ1v) is 5.49. The predicted molar refractivity (Wildman–Crippen MR) is 67.0 cm³/mol. The summed E-state index contributed by atoms with van der Waals surface area (Å²) in [5.41, 5.74) is 0.903. The van der Waals surface area contributed by atoms with Crippen LogP contribution in [0.1, 0.15) is 6.92 Å². The minimum Gasteiger partial charge on any atom is -0.481 e. The van der Waals surface area contributed by atoms with E-state index in [4.69, 9.17) is 5.11 Å². The molecule has 0 aliphatic heterocycles. The summed E-state index contributed by atoms with van der Waals surface area (Å²) in [6.45, 7) is 2.04. The lowest BCUT2D eigenvalue weighted by Gasteiger charge is -2.09. The second-order valence-corrected chi connectivity index (χ2v) is 4.01. The van der Waals surface area contributed by atoms with Gasteiger partial charge in [0.1, 0.15) is 5.82 Å². The van der Waals surface area contributed by atoms with Crippen molar-refractivity contribution in [3.8, 4) is 0 Å². The standard InChI is InChI=1S/C13H14N2O2/c1-9(13(16)17)8-14-12-7-6-10-4-2-3-5-11(10)15-12/h2-7,9H,8H2,1H3,(H,14,15)(H,16,17). The summed E-state index contributed by atoms with van der Waals surface area (Å²) in [5, 5.41) is 12.9. The van der Waals surface area contributed by atoms with Crippen molar-refractivity contribution >= 4 is 22.7 Å². The van der Waals surface area contributed by atoms with E-state index in [0.717, 1.165) is 10.9 Å². The number of rotatable bonds is 4. The maximum absolute atomic E-state index is 10.7. The van der Waals surface area contributed by atoms with Crippen molar-refractivity contribution in [3.05, 3.63) is 36.4 Å². The van der Waals surface area contributed by atoms with E-state index >= 15 is 0 Å². The molecule has 17 heavy (non-hydrogen) atoms. The number of para-hydroxylation sites is 1. The van der Waals surface area contributed by atoms with E-state index < -0.39 is 11.9 Å². The van der Waals surface area contributed by atoms with E-state index in [0.29, 0.717) is 12.4 Å². The second kappa shape index (κ2) is 4.82. The fourth-order valence-corrected chi connectivity index (χ4v) is 1.51. The molecule has 0 saturated heterocycles. The van der Waals surface area contributed by atoms with Crippen LogP contribution in [0.25, 0.3) is 10.9 Å². The summed E-state index contributed by atoms with van der Waals surface area (Å²) in [5.74, 6) is -0.529. The fraction of sp³-hybridized carbons (Fsp3) is 0.231. The minimum absolute atomic E-state index is 0.376. The van der Waals surface area contributed by atoms with Crippen LogP contribution in [-0.2, 0) is 4.79 Å². The molecule has 4 heteroatoms. The highest BCUT2D eigenvalue weighted by atomic mass is 16.4. The fourth-order valence-electron chi connectivity index (χ4n) is 1.51. The van der Waals surface area contributed by atoms with Crippen molar-refractivity contribution in [1.29, 1.82) is 0 Å². The van der Waals surface area contributed by atoms with Crippen molar-refractivity contribution in [2.45, 2.75) is 6.92 Å². The van der Waals surface area contributed by atoms with E-state index in [1.807, 2.05) is 36.4 Å². The SMILES string of the molecule is CC(CNc1ccc2ccccc2n1)C(=O)O. The number of aromatic nitrogens is 1. The van der Waals surface area contributed by atoms with Crippen LogP contribution in [-0.4, -0.2) is 22.6 Å². The highest BCUT2D eigenvalue weighted by molar-refractivity contribution is 5.80. The number of carbonyl (C=O) groups is 1. The van der Waals surface area contributed by atoms with E-state index in [9.17, 15) is 4.79 Å². The highest BCUT2D eigenvalue weighted by Gasteiger charge is 2.10. The molecule has 0 amide bonds. The van der Waals surface area contributed by atoms with Crippen LogP contribution in [0, 0.1) is 5.92 Å². The third-order valence-electron chi connectivity index (χ3n) is 2.61. The number of nitrogens with one attached hydrogen (secondary N) is 1. The van der Waals surface area contributed by atoms with Crippen LogP contribution in [0.15, 0.2) is 36.4 Å². The molecule has 1 unspecified atom stereocenters. The van der Waals surface area contributed by atoms with Gasteiger partial charge in [-0.2, -0.15) is 0 Å². The summed E-state index contributed by atoms with van der Waals surface area (Å²) in [7, 11) is 0. The summed E-state index contributed by atoms with van der Waals surface area (Å²) < 4.78 is 0. The number of hydrogen-bond acceptors (Lipinski definition) is 3. The third-order valence-corrected chi connectivity index (χ3v) is 2.61. The lowest BCUT2D eigenvalue weighted by molar-refractivity contribution is -0.140. The van der Waals surface area contributed by atoms with Crippen molar-refractivity contribution in [1.82, 2.24) is 4.98 Å². The number of benzene rings is 1. The van der Waals surface area contributed by atoms with Gasteiger partial charge >= 0.3 is 5.97 Å². The molecule has 88 valence electrons. The van der Waals surface area contributed by atoms with Gasteiger partial charge in [0.15, 0.2) is 0 Å². The Morgan fingerprint density at radius 2 is 2.12 bits per heavy atom. The third kappa shape index (κ3) is 2.72. The van der Waals surface area contributed by atoms with Crippen LogP contribution in [0.2, 0.25) is 0 Å². The Balaban J connectivity index is 2.12. The van der Waals surface area contributed by atoms with Gasteiger partial charge in [-0.25, -0.2) is 4.98 Å². The van der Waals surface area contributed by atoms with Crippen LogP contribution in [0.3, 0.4) is 0 Å². The molecular weight excluding hydrogens is 216 g/mol. The zero-order valence-corrected chi connectivity index (χ0v) is 9.55. The van der Waals surface area contributed by atoms with Gasteiger partial charge in [-0.3, -0.25) is 4.79 Å². The Bertz CT molecular complexity index is 540. The Kier molecular flexibility index (Phi) is 3.23. The first-order valence-electron chi connectivity index (χ1n) is 5.49. The van der Waals surface area contributed by atoms with Crippen molar-refractivity contribution in [2.75, 3.05) is 11.9 Å². The molecule has 0 radical (unpaired) electrons. The Hall–Kier alpha value is -2.10. The molecule has 2 rings (SSSR count). The van der Waals surface area contributed by atoms with Gasteiger partial charge in [0.2, 0.25) is 0 Å². The molecule has 0 fully saturated rings. The molecule has 0 aliphatic rings. The van der Waals surface area contributed by atoms with E-state index in [1.54, 1.807) is 6.92 Å². The van der Waals surface area contributed by atoms with Crippen LogP contribution in [0.5, 0.6) is 0 Å². The quantitative estimate of drug-likeness (QED) is 0.846. The first-order chi connectivity index (χ1) is 8.16. The summed E-state index contributed by atoms with van der Waals surface area (Å²) in [4.78, 5) is 15.1. The van der Waals surface area contributed by atoms with Gasteiger partial charge in [-0.05, 0) is 18.2 Å². The van der Waals surface area contributed by atoms with Crippen molar-refractivity contribution < 1.29 is 9.90 Å². The number of nitrogens with zero attached hydrogens (tertiary/aromatic N) is 1. The molecule has 2 aromatic rings. The van der Waals surface area contributed by atoms with Crippen LogP contribution < -0.4 is 5.32 Å². The summed E-state index contributed by atoms with van der Waals surface area (Å²) in [6, 6.07) is 11.6. The topological polar surface area (TPSA) is 62.2 Å². The average molecular weight is 230 g/mol. The number of hydrogen-bond donors (Lipinski definition) is 2. The van der Waals surface area contributed by atoms with Gasteiger partial charge in [0.05, 0.1) is 11.4 Å². The molecule has 1 aromatic heterocycles. The minimum atomic E-state index is -0.807. The van der Waals surface area contributed by atoms with Gasteiger partial charge < -0.3 is 10.4 Å². The monoisotopic (exact) mass is 230 g/mol. The molecule has 0 bridgehead atoms. The average Bonchev–Trinajstić information content (AvgIpc) is 2.35. The predicted octanol–water partition coefficient (Wildman–Crippen LogP) is 2.37. The number of anilines is 1. The van der Waals surface area contributed by atoms with Crippen LogP contribution >= 0.6 is 0 Å². The Morgan fingerprint density at radius 1 is 1.35 bits per heavy atom. The highest BCUT2D eigenvalue weighted by Crippen LogP contribution is 2.14.